The van der Waals surface area contributed by atoms with E-state index in [4.69, 9.17) is 9.97 Å². The van der Waals surface area contributed by atoms with Crippen LogP contribution in [-0.4, -0.2) is 23.3 Å². The van der Waals surface area contributed by atoms with Crippen LogP contribution in [0, 0.1) is 0 Å². The SMILES string of the molecule is c1ccc2nc3c(nc2c1)c1ccccc1n1c2ccccc2c2cc(-c4ccc(-n5c6ccccc6c6ccccc65)cc4)c4c5ccccc5n3c4c21. The average Bonchev–Trinajstić information content (AvgIpc) is 3.88. The van der Waals surface area contributed by atoms with Crippen LogP contribution in [0.3, 0.4) is 0 Å². The van der Waals surface area contributed by atoms with Gasteiger partial charge in [0.2, 0.25) is 0 Å². The lowest BCUT2D eigenvalue weighted by atomic mass is 9.96. The van der Waals surface area contributed by atoms with Crippen LogP contribution in [0.1, 0.15) is 0 Å². The maximum Gasteiger partial charge on any atom is 0.165 e. The molecule has 5 heterocycles. The van der Waals surface area contributed by atoms with E-state index in [2.05, 4.69) is 177 Å². The van der Waals surface area contributed by atoms with Crippen molar-refractivity contribution in [3.05, 3.63) is 176 Å². The first-order valence-corrected chi connectivity index (χ1v) is 18.8. The molecule has 5 nitrogen and oxygen atoms in total. The van der Waals surface area contributed by atoms with Gasteiger partial charge in [-0.3, -0.25) is 4.40 Å². The predicted octanol–water partition coefficient (Wildman–Crippen LogP) is 12.7. The van der Waals surface area contributed by atoms with E-state index < -0.39 is 0 Å². The normalized spacial score (nSPS) is 12.4. The van der Waals surface area contributed by atoms with Gasteiger partial charge in [-0.1, -0.05) is 115 Å². The summed E-state index contributed by atoms with van der Waals surface area (Å²) in [4.78, 5) is 10.9. The molecule has 0 bridgehead atoms. The summed E-state index contributed by atoms with van der Waals surface area (Å²) in [5.41, 5.74) is 15.1. The van der Waals surface area contributed by atoms with Gasteiger partial charge in [0.15, 0.2) is 5.65 Å². The Kier molecular flexibility index (Phi) is 5.57. The average molecular weight is 700 g/mol. The van der Waals surface area contributed by atoms with Gasteiger partial charge in [-0.15, -0.1) is 0 Å². The minimum absolute atomic E-state index is 0.842. The van der Waals surface area contributed by atoms with E-state index in [-0.39, 0.29) is 0 Å². The fourth-order valence-electron chi connectivity index (χ4n) is 9.48. The van der Waals surface area contributed by atoms with Crippen molar-refractivity contribution in [1.29, 1.82) is 0 Å². The fraction of sp³-hybridized carbons (Fsp3) is 0. The summed E-state index contributed by atoms with van der Waals surface area (Å²) >= 11 is 0. The molecule has 55 heavy (non-hydrogen) atoms. The molecule has 0 aliphatic rings. The van der Waals surface area contributed by atoms with Gasteiger partial charge < -0.3 is 8.97 Å². The summed E-state index contributed by atoms with van der Waals surface area (Å²) in [5.74, 6) is 0. The number of nitrogens with zero attached hydrogens (tertiary/aromatic N) is 5. The second-order valence-corrected chi connectivity index (χ2v) is 14.6. The maximum absolute atomic E-state index is 5.46. The zero-order chi connectivity index (χ0) is 35.8. The molecule has 0 spiro atoms. The molecular formula is C50H29N5. The van der Waals surface area contributed by atoms with E-state index in [1.54, 1.807) is 0 Å². The van der Waals surface area contributed by atoms with Crippen molar-refractivity contribution in [3.63, 3.8) is 0 Å². The molecule has 13 rings (SSSR count). The molecule has 8 aromatic carbocycles. The Morgan fingerprint density at radius 1 is 0.364 bits per heavy atom. The highest BCUT2D eigenvalue weighted by Gasteiger charge is 2.24. The van der Waals surface area contributed by atoms with Crippen LogP contribution in [0.5, 0.6) is 0 Å². The summed E-state index contributed by atoms with van der Waals surface area (Å²) in [5, 5.41) is 8.39. The smallest absolute Gasteiger partial charge is 0.165 e. The molecule has 0 amide bonds. The van der Waals surface area contributed by atoms with Gasteiger partial charge in [-0.2, -0.15) is 0 Å². The number of hydrogen-bond acceptors (Lipinski definition) is 2. The van der Waals surface area contributed by atoms with Crippen LogP contribution in [0.15, 0.2) is 176 Å². The molecule has 0 radical (unpaired) electrons. The van der Waals surface area contributed by atoms with Crippen LogP contribution in [0.2, 0.25) is 0 Å². The standard InChI is InChI=1S/C50H29N5/c1-8-20-41-32(13-1)33-14-2-9-21-42(33)53(41)31-27-25-30(26-28-31)37-29-38-34-15-3-10-22-43(34)54-45-24-12-5-17-36(45)47-50(52-40-19-7-6-18-39(40)51-47)55-44-23-11-4-16-35(44)46(37)49(55)48(38)54/h1-29H. The van der Waals surface area contributed by atoms with Crippen molar-refractivity contribution in [3.8, 4) is 16.8 Å². The summed E-state index contributed by atoms with van der Waals surface area (Å²) in [6.45, 7) is 0. The quantitative estimate of drug-likeness (QED) is 0.180. The molecule has 0 saturated heterocycles. The third-order valence-corrected chi connectivity index (χ3v) is 11.8. The lowest BCUT2D eigenvalue weighted by Crippen LogP contribution is -1.98. The van der Waals surface area contributed by atoms with Crippen LogP contribution < -0.4 is 0 Å². The van der Waals surface area contributed by atoms with Crippen molar-refractivity contribution in [2.45, 2.75) is 0 Å². The first kappa shape index (κ1) is 29.0. The molecule has 0 aliphatic heterocycles. The van der Waals surface area contributed by atoms with Gasteiger partial charge in [0.25, 0.3) is 0 Å². The van der Waals surface area contributed by atoms with Crippen LogP contribution >= 0.6 is 0 Å². The van der Waals surface area contributed by atoms with Gasteiger partial charge in [-0.05, 0) is 71.8 Å². The topological polar surface area (TPSA) is 39.5 Å². The largest absolute Gasteiger partial charge is 0.309 e. The van der Waals surface area contributed by atoms with Gasteiger partial charge in [-0.25, -0.2) is 9.97 Å². The maximum atomic E-state index is 5.46. The van der Waals surface area contributed by atoms with Gasteiger partial charge >= 0.3 is 0 Å². The Morgan fingerprint density at radius 3 is 1.51 bits per heavy atom. The number of hydrogen-bond donors (Lipinski definition) is 0. The van der Waals surface area contributed by atoms with Crippen molar-refractivity contribution >= 4 is 98.5 Å². The molecule has 0 unspecified atom stereocenters. The number of aromatic nitrogens is 5. The minimum atomic E-state index is 0.842. The molecule has 0 atom stereocenters. The Hall–Kier alpha value is -7.50. The summed E-state index contributed by atoms with van der Waals surface area (Å²) < 4.78 is 7.24. The third kappa shape index (κ3) is 3.76. The van der Waals surface area contributed by atoms with Crippen molar-refractivity contribution in [2.75, 3.05) is 0 Å². The first-order chi connectivity index (χ1) is 27.3. The Balaban J connectivity index is 1.23. The van der Waals surface area contributed by atoms with E-state index in [0.29, 0.717) is 0 Å². The molecule has 13 aromatic rings. The monoisotopic (exact) mass is 699 g/mol. The second-order valence-electron chi connectivity index (χ2n) is 14.6. The number of fused-ring (bicyclic) bond motifs is 15. The number of rotatable bonds is 2. The van der Waals surface area contributed by atoms with Crippen molar-refractivity contribution in [2.24, 2.45) is 0 Å². The zero-order valence-electron chi connectivity index (χ0n) is 29.5. The molecule has 5 aromatic heterocycles. The van der Waals surface area contributed by atoms with Crippen LogP contribution in [-0.2, 0) is 0 Å². The summed E-state index contributed by atoms with van der Waals surface area (Å²) in [7, 11) is 0. The predicted molar refractivity (Wildman–Crippen MR) is 229 cm³/mol. The molecule has 0 aliphatic carbocycles. The van der Waals surface area contributed by atoms with Gasteiger partial charge in [0, 0.05) is 43.4 Å². The van der Waals surface area contributed by atoms with E-state index in [9.17, 15) is 0 Å². The molecular weight excluding hydrogens is 671 g/mol. The van der Waals surface area contributed by atoms with E-state index in [1.807, 2.05) is 12.1 Å². The molecule has 0 N–H and O–H groups in total. The molecule has 5 heteroatoms. The highest BCUT2D eigenvalue weighted by Crippen LogP contribution is 2.46. The summed E-state index contributed by atoms with van der Waals surface area (Å²) in [6.07, 6.45) is 0. The number of para-hydroxylation sites is 7. The second kappa shape index (κ2) is 10.6. The highest BCUT2D eigenvalue weighted by molar-refractivity contribution is 6.29. The zero-order valence-corrected chi connectivity index (χ0v) is 29.5. The van der Waals surface area contributed by atoms with Crippen molar-refractivity contribution < 1.29 is 0 Å². The Labute approximate surface area is 313 Å². The van der Waals surface area contributed by atoms with Crippen LogP contribution in [0.4, 0.5) is 0 Å². The number of benzene rings is 8. The van der Waals surface area contributed by atoms with Gasteiger partial charge in [0.1, 0.15) is 5.52 Å². The minimum Gasteiger partial charge on any atom is -0.309 e. The lowest BCUT2D eigenvalue weighted by molar-refractivity contribution is 1.18. The third-order valence-electron chi connectivity index (χ3n) is 11.8. The van der Waals surface area contributed by atoms with Crippen LogP contribution in [0.25, 0.3) is 115 Å². The summed E-state index contributed by atoms with van der Waals surface area (Å²) in [6, 6.07) is 63.5. The van der Waals surface area contributed by atoms with E-state index >= 15 is 0 Å². The van der Waals surface area contributed by atoms with Crippen molar-refractivity contribution in [1.82, 2.24) is 23.3 Å². The van der Waals surface area contributed by atoms with E-state index in [0.717, 1.165) is 49.8 Å². The highest BCUT2D eigenvalue weighted by atomic mass is 15.0. The Morgan fingerprint density at radius 2 is 0.855 bits per heavy atom. The molecule has 0 saturated carbocycles. The van der Waals surface area contributed by atoms with E-state index in [1.165, 1.54) is 65.5 Å². The lowest BCUT2D eigenvalue weighted by Gasteiger charge is -2.13. The van der Waals surface area contributed by atoms with Gasteiger partial charge in [0.05, 0.1) is 49.7 Å². The first-order valence-electron chi connectivity index (χ1n) is 18.8. The molecule has 254 valence electrons. The molecule has 0 fully saturated rings. The Bertz CT molecular complexity index is 3720. The fourth-order valence-corrected chi connectivity index (χ4v) is 9.48.